The van der Waals surface area contributed by atoms with E-state index in [2.05, 4.69) is 42.4 Å². The number of nitrogens with zero attached hydrogens (tertiary/aromatic N) is 1. The van der Waals surface area contributed by atoms with Crippen LogP contribution in [0.25, 0.3) is 0 Å². The van der Waals surface area contributed by atoms with Crippen LogP contribution in [-0.2, 0) is 16.6 Å². The lowest BCUT2D eigenvalue weighted by atomic mass is 9.84. The van der Waals surface area contributed by atoms with Crippen LogP contribution >= 0.6 is 15.9 Å². The molecule has 0 radical (unpaired) electrons. The molecule has 6 nitrogen and oxygen atoms in total. The van der Waals surface area contributed by atoms with E-state index in [1.807, 2.05) is 6.07 Å². The molecule has 1 aromatic carbocycles. The van der Waals surface area contributed by atoms with Crippen LogP contribution in [0.1, 0.15) is 50.5 Å². The van der Waals surface area contributed by atoms with Crippen molar-refractivity contribution in [3.8, 4) is 5.75 Å². The Morgan fingerprint density at radius 2 is 1.80 bits per heavy atom. The molecule has 2 fully saturated rings. The maximum absolute atomic E-state index is 11.6. The molecule has 0 amide bonds. The largest absolute Gasteiger partial charge is 0.497 e. The first kappa shape index (κ1) is 24.0. The average molecular weight is 503 g/mol. The fourth-order valence-corrected chi connectivity index (χ4v) is 5.97. The molecule has 2 N–H and O–H groups in total. The second-order valence-corrected chi connectivity index (χ2v) is 11.3. The summed E-state index contributed by atoms with van der Waals surface area (Å²) in [6.45, 7) is 3.54. The van der Waals surface area contributed by atoms with Crippen LogP contribution in [0, 0.1) is 11.8 Å². The van der Waals surface area contributed by atoms with Gasteiger partial charge < -0.3 is 9.64 Å². The van der Waals surface area contributed by atoms with Gasteiger partial charge >= 0.3 is 0 Å². The second kappa shape index (κ2) is 11.3. The van der Waals surface area contributed by atoms with Crippen molar-refractivity contribution in [2.75, 3.05) is 33.8 Å². The standard InChI is InChI=1S/C22H36BrN3O3S/c1-24-30(27,28)25-20-5-3-17(4-6-20)9-12-26-13-10-18(11-14-26)15-19-16-21(29-2)7-8-22(19)23/h7-8,16-18,20,24-25H,3-6,9-15H2,1-2H3/t17-,20-. The Morgan fingerprint density at radius 3 is 2.43 bits per heavy atom. The zero-order valence-electron chi connectivity index (χ0n) is 18.2. The number of nitrogens with one attached hydrogen (secondary N) is 2. The lowest BCUT2D eigenvalue weighted by Gasteiger charge is -2.34. The molecular weight excluding hydrogens is 466 g/mol. The first-order valence-corrected chi connectivity index (χ1v) is 13.4. The van der Waals surface area contributed by atoms with Crippen molar-refractivity contribution in [2.24, 2.45) is 11.8 Å². The maximum atomic E-state index is 11.6. The number of rotatable bonds is 9. The topological polar surface area (TPSA) is 70.7 Å². The molecule has 1 saturated heterocycles. The minimum absolute atomic E-state index is 0.0883. The summed E-state index contributed by atoms with van der Waals surface area (Å²) in [6.07, 6.45) is 8.99. The summed E-state index contributed by atoms with van der Waals surface area (Å²) in [5.74, 6) is 2.39. The van der Waals surface area contributed by atoms with Crippen molar-refractivity contribution in [1.82, 2.24) is 14.3 Å². The number of hydrogen-bond donors (Lipinski definition) is 2. The first-order chi connectivity index (χ1) is 14.4. The molecule has 1 heterocycles. The Hall–Kier alpha value is -0.670. The molecule has 1 aliphatic heterocycles. The Balaban J connectivity index is 1.35. The van der Waals surface area contributed by atoms with Gasteiger partial charge in [0.25, 0.3) is 10.2 Å². The van der Waals surface area contributed by atoms with Gasteiger partial charge in [0.15, 0.2) is 0 Å². The van der Waals surface area contributed by atoms with Gasteiger partial charge in [-0.2, -0.15) is 13.1 Å². The zero-order chi connectivity index (χ0) is 21.6. The average Bonchev–Trinajstić information content (AvgIpc) is 2.75. The minimum Gasteiger partial charge on any atom is -0.497 e. The second-order valence-electron chi connectivity index (χ2n) is 8.78. The van der Waals surface area contributed by atoms with Gasteiger partial charge in [-0.05, 0) is 107 Å². The van der Waals surface area contributed by atoms with Gasteiger partial charge in [0.1, 0.15) is 5.75 Å². The quantitative estimate of drug-likeness (QED) is 0.540. The SMILES string of the molecule is CNS(=O)(=O)N[C@H]1CC[C@H](CCN2CCC(Cc3cc(OC)ccc3Br)CC2)CC1. The zero-order valence-corrected chi connectivity index (χ0v) is 20.6. The number of benzene rings is 1. The van der Waals surface area contributed by atoms with E-state index in [4.69, 9.17) is 4.74 Å². The van der Waals surface area contributed by atoms with Crippen LogP contribution in [0.3, 0.4) is 0 Å². The lowest BCUT2D eigenvalue weighted by molar-refractivity contribution is 0.164. The summed E-state index contributed by atoms with van der Waals surface area (Å²) >= 11 is 3.68. The van der Waals surface area contributed by atoms with Crippen LogP contribution in [-0.4, -0.2) is 53.2 Å². The number of halogens is 1. The van der Waals surface area contributed by atoms with E-state index in [1.54, 1.807) is 7.11 Å². The fourth-order valence-electron chi connectivity index (χ4n) is 4.77. The molecule has 1 aliphatic carbocycles. The van der Waals surface area contributed by atoms with E-state index in [-0.39, 0.29) is 6.04 Å². The molecule has 3 rings (SSSR count). The predicted molar refractivity (Wildman–Crippen MR) is 125 cm³/mol. The summed E-state index contributed by atoms with van der Waals surface area (Å²) in [5, 5.41) is 0. The van der Waals surface area contributed by atoms with Gasteiger partial charge in [0, 0.05) is 17.6 Å². The predicted octanol–water partition coefficient (Wildman–Crippen LogP) is 3.71. The molecule has 0 unspecified atom stereocenters. The lowest BCUT2D eigenvalue weighted by Crippen LogP contribution is -2.43. The van der Waals surface area contributed by atoms with E-state index in [1.165, 1.54) is 56.0 Å². The van der Waals surface area contributed by atoms with Crippen LogP contribution in [0.5, 0.6) is 5.75 Å². The van der Waals surface area contributed by atoms with Crippen molar-refractivity contribution in [1.29, 1.82) is 0 Å². The Kier molecular flexibility index (Phi) is 9.01. The number of likely N-dealkylation sites (tertiary alicyclic amines) is 1. The van der Waals surface area contributed by atoms with Crippen LogP contribution in [0.15, 0.2) is 22.7 Å². The van der Waals surface area contributed by atoms with Crippen LogP contribution < -0.4 is 14.2 Å². The van der Waals surface area contributed by atoms with Gasteiger partial charge in [-0.15, -0.1) is 0 Å². The van der Waals surface area contributed by atoms with Crippen LogP contribution in [0.4, 0.5) is 0 Å². The highest BCUT2D eigenvalue weighted by molar-refractivity contribution is 9.10. The fraction of sp³-hybridized carbons (Fsp3) is 0.727. The third kappa shape index (κ3) is 7.19. The van der Waals surface area contributed by atoms with Crippen molar-refractivity contribution < 1.29 is 13.2 Å². The number of hydrogen-bond acceptors (Lipinski definition) is 4. The van der Waals surface area contributed by atoms with Gasteiger partial charge in [-0.25, -0.2) is 4.72 Å². The molecule has 0 aromatic heterocycles. The summed E-state index contributed by atoms with van der Waals surface area (Å²) in [4.78, 5) is 2.62. The van der Waals surface area contributed by atoms with Crippen LogP contribution in [0.2, 0.25) is 0 Å². The maximum Gasteiger partial charge on any atom is 0.276 e. The monoisotopic (exact) mass is 501 g/mol. The molecule has 2 aliphatic rings. The number of methoxy groups -OCH3 is 1. The first-order valence-electron chi connectivity index (χ1n) is 11.1. The molecule has 1 aromatic rings. The van der Waals surface area contributed by atoms with E-state index < -0.39 is 10.2 Å². The molecule has 170 valence electrons. The Labute approximate surface area is 190 Å². The minimum atomic E-state index is -3.32. The highest BCUT2D eigenvalue weighted by Gasteiger charge is 2.25. The highest BCUT2D eigenvalue weighted by Crippen LogP contribution is 2.30. The summed E-state index contributed by atoms with van der Waals surface area (Å²) in [7, 11) is -0.147. The van der Waals surface area contributed by atoms with Crippen molar-refractivity contribution in [3.63, 3.8) is 0 Å². The Morgan fingerprint density at radius 1 is 1.10 bits per heavy atom. The molecule has 30 heavy (non-hydrogen) atoms. The van der Waals surface area contributed by atoms with Crippen molar-refractivity contribution >= 4 is 26.1 Å². The van der Waals surface area contributed by atoms with Crippen molar-refractivity contribution in [3.05, 3.63) is 28.2 Å². The summed E-state index contributed by atoms with van der Waals surface area (Å²) in [6, 6.07) is 6.33. The summed E-state index contributed by atoms with van der Waals surface area (Å²) < 4.78 is 34.9. The van der Waals surface area contributed by atoms with E-state index in [9.17, 15) is 8.42 Å². The molecule has 0 spiro atoms. The van der Waals surface area contributed by atoms with Crippen molar-refractivity contribution in [2.45, 2.75) is 57.4 Å². The van der Waals surface area contributed by atoms with E-state index in [0.717, 1.165) is 49.7 Å². The smallest absolute Gasteiger partial charge is 0.276 e. The third-order valence-corrected chi connectivity index (χ3v) is 8.71. The molecule has 1 saturated carbocycles. The normalized spacial score (nSPS) is 24.1. The summed E-state index contributed by atoms with van der Waals surface area (Å²) in [5.41, 5.74) is 1.35. The molecule has 0 bridgehead atoms. The van der Waals surface area contributed by atoms with Gasteiger partial charge in [0.2, 0.25) is 0 Å². The van der Waals surface area contributed by atoms with E-state index in [0.29, 0.717) is 0 Å². The van der Waals surface area contributed by atoms with Gasteiger partial charge in [-0.3, -0.25) is 0 Å². The number of ether oxygens (including phenoxy) is 1. The van der Waals surface area contributed by atoms with E-state index >= 15 is 0 Å². The molecule has 8 heteroatoms. The molecular formula is C22H36BrN3O3S. The van der Waals surface area contributed by atoms with Gasteiger partial charge in [-0.1, -0.05) is 15.9 Å². The third-order valence-electron chi connectivity index (χ3n) is 6.76. The molecule has 0 atom stereocenters. The Bertz CT molecular complexity index is 774. The highest BCUT2D eigenvalue weighted by atomic mass is 79.9. The number of piperidine rings is 1. The van der Waals surface area contributed by atoms with Gasteiger partial charge in [0.05, 0.1) is 7.11 Å².